The number of morpholine rings is 1. The number of nitrogens with two attached hydrogens (primary N) is 1. The molecule has 182 valence electrons. The van der Waals surface area contributed by atoms with Gasteiger partial charge in [0.1, 0.15) is 11.6 Å². The number of nitrogens with zero attached hydrogens (tertiary/aromatic N) is 2. The average molecular weight is 473 g/mol. The van der Waals surface area contributed by atoms with E-state index in [4.69, 9.17) is 10.5 Å². The lowest BCUT2D eigenvalue weighted by Gasteiger charge is -2.38. The standard InChI is InChI=1S/C25H30F2N4O3/c26-19-13-18(14-20(27)15-19)24(32)31(23-4-2-1-3-22(23)28)16-17-5-7-21(8-6-17)29-25(33)30-9-11-34-12-10-30/h5-8,13-15,22-23H,1-4,9-12,16,28H2,(H,29,33). The van der Waals surface area contributed by atoms with Crippen LogP contribution in [-0.4, -0.2) is 60.1 Å². The molecule has 0 aromatic heterocycles. The first-order valence-corrected chi connectivity index (χ1v) is 11.7. The summed E-state index contributed by atoms with van der Waals surface area (Å²) in [5.41, 5.74) is 7.78. The molecule has 2 atom stereocenters. The predicted octanol–water partition coefficient (Wildman–Crippen LogP) is 3.74. The molecule has 2 fully saturated rings. The van der Waals surface area contributed by atoms with Gasteiger partial charge in [0, 0.05) is 49.0 Å². The number of anilines is 1. The maximum absolute atomic E-state index is 13.8. The number of hydrogen-bond acceptors (Lipinski definition) is 4. The molecule has 2 aromatic carbocycles. The number of ether oxygens (including phenoxy) is 1. The van der Waals surface area contributed by atoms with Gasteiger partial charge in [-0.1, -0.05) is 25.0 Å². The highest BCUT2D eigenvalue weighted by Gasteiger charge is 2.32. The lowest BCUT2D eigenvalue weighted by atomic mass is 9.89. The molecule has 4 rings (SSSR count). The number of benzene rings is 2. The van der Waals surface area contributed by atoms with Gasteiger partial charge in [-0.15, -0.1) is 0 Å². The zero-order chi connectivity index (χ0) is 24.1. The van der Waals surface area contributed by atoms with E-state index in [-0.39, 0.29) is 30.2 Å². The van der Waals surface area contributed by atoms with Gasteiger partial charge in [0.15, 0.2) is 0 Å². The Balaban J connectivity index is 1.50. The number of hydrogen-bond donors (Lipinski definition) is 2. The van der Waals surface area contributed by atoms with E-state index in [1.807, 2.05) is 12.1 Å². The van der Waals surface area contributed by atoms with Crippen molar-refractivity contribution in [2.45, 2.75) is 44.3 Å². The summed E-state index contributed by atoms with van der Waals surface area (Å²) in [6.45, 7) is 2.38. The maximum Gasteiger partial charge on any atom is 0.321 e. The number of rotatable bonds is 5. The average Bonchev–Trinajstić information content (AvgIpc) is 2.83. The molecule has 0 bridgehead atoms. The molecule has 1 saturated heterocycles. The number of nitrogens with one attached hydrogen (secondary N) is 1. The Morgan fingerprint density at radius 1 is 1.03 bits per heavy atom. The molecule has 1 aliphatic carbocycles. The molecule has 7 nitrogen and oxygen atoms in total. The summed E-state index contributed by atoms with van der Waals surface area (Å²) < 4.78 is 32.9. The summed E-state index contributed by atoms with van der Waals surface area (Å²) in [5.74, 6) is -2.04. The molecule has 2 aromatic rings. The first kappa shape index (κ1) is 24.1. The molecule has 2 aliphatic rings. The van der Waals surface area contributed by atoms with Crippen molar-refractivity contribution in [3.63, 3.8) is 0 Å². The minimum atomic E-state index is -0.795. The third-order valence-corrected chi connectivity index (χ3v) is 6.41. The summed E-state index contributed by atoms with van der Waals surface area (Å²) in [7, 11) is 0. The molecule has 1 heterocycles. The second-order valence-electron chi connectivity index (χ2n) is 8.83. The Bertz CT molecular complexity index is 991. The molecule has 9 heteroatoms. The number of amides is 3. The van der Waals surface area contributed by atoms with Crippen LogP contribution in [0, 0.1) is 11.6 Å². The van der Waals surface area contributed by atoms with Gasteiger partial charge in [-0.25, -0.2) is 13.6 Å². The fraction of sp³-hybridized carbons (Fsp3) is 0.440. The molecular formula is C25H30F2N4O3. The number of urea groups is 1. The Kier molecular flexibility index (Phi) is 7.74. The lowest BCUT2D eigenvalue weighted by Crippen LogP contribution is -2.51. The van der Waals surface area contributed by atoms with Crippen molar-refractivity contribution >= 4 is 17.6 Å². The van der Waals surface area contributed by atoms with Crippen LogP contribution in [0.25, 0.3) is 0 Å². The van der Waals surface area contributed by atoms with Crippen molar-refractivity contribution in [2.75, 3.05) is 31.6 Å². The summed E-state index contributed by atoms with van der Waals surface area (Å²) >= 11 is 0. The Hall–Kier alpha value is -3.04. The first-order valence-electron chi connectivity index (χ1n) is 11.7. The monoisotopic (exact) mass is 472 g/mol. The number of carbonyl (C=O) groups is 2. The van der Waals surface area contributed by atoms with Crippen LogP contribution >= 0.6 is 0 Å². The molecule has 1 aliphatic heterocycles. The quantitative estimate of drug-likeness (QED) is 0.694. The van der Waals surface area contributed by atoms with Crippen LogP contribution in [0.15, 0.2) is 42.5 Å². The van der Waals surface area contributed by atoms with Crippen molar-refractivity contribution in [2.24, 2.45) is 5.73 Å². The zero-order valence-electron chi connectivity index (χ0n) is 19.0. The Morgan fingerprint density at radius 2 is 1.68 bits per heavy atom. The smallest absolute Gasteiger partial charge is 0.321 e. The van der Waals surface area contributed by atoms with Crippen molar-refractivity contribution in [1.82, 2.24) is 9.80 Å². The van der Waals surface area contributed by atoms with Gasteiger partial charge in [-0.05, 0) is 42.7 Å². The van der Waals surface area contributed by atoms with Gasteiger partial charge in [-0.3, -0.25) is 4.79 Å². The highest BCUT2D eigenvalue weighted by Crippen LogP contribution is 2.26. The van der Waals surface area contributed by atoms with Crippen molar-refractivity contribution < 1.29 is 23.1 Å². The van der Waals surface area contributed by atoms with Crippen molar-refractivity contribution in [3.8, 4) is 0 Å². The molecule has 34 heavy (non-hydrogen) atoms. The second-order valence-corrected chi connectivity index (χ2v) is 8.83. The van der Waals surface area contributed by atoms with Gasteiger partial charge in [-0.2, -0.15) is 0 Å². The molecule has 0 spiro atoms. The SMILES string of the molecule is NC1CCCCC1N(Cc1ccc(NC(=O)N2CCOCC2)cc1)C(=O)c1cc(F)cc(F)c1. The summed E-state index contributed by atoms with van der Waals surface area (Å²) in [5, 5.41) is 2.87. The topological polar surface area (TPSA) is 87.9 Å². The van der Waals surface area contributed by atoms with Gasteiger partial charge in [0.2, 0.25) is 0 Å². The van der Waals surface area contributed by atoms with E-state index < -0.39 is 17.5 Å². The van der Waals surface area contributed by atoms with Crippen LogP contribution in [0.2, 0.25) is 0 Å². The highest BCUT2D eigenvalue weighted by atomic mass is 19.1. The minimum absolute atomic E-state index is 0.0373. The predicted molar refractivity (Wildman–Crippen MR) is 124 cm³/mol. The third-order valence-electron chi connectivity index (χ3n) is 6.41. The van der Waals surface area contributed by atoms with Crippen LogP contribution in [-0.2, 0) is 11.3 Å². The van der Waals surface area contributed by atoms with Gasteiger partial charge in [0.25, 0.3) is 5.91 Å². The molecule has 0 radical (unpaired) electrons. The number of halogens is 2. The Labute approximate surface area is 197 Å². The van der Waals surface area contributed by atoms with Crippen LogP contribution < -0.4 is 11.1 Å². The van der Waals surface area contributed by atoms with E-state index in [9.17, 15) is 18.4 Å². The zero-order valence-corrected chi connectivity index (χ0v) is 19.0. The van der Waals surface area contributed by atoms with E-state index >= 15 is 0 Å². The third kappa shape index (κ3) is 5.90. The molecule has 2 unspecified atom stereocenters. The molecule has 3 N–H and O–H groups in total. The molecular weight excluding hydrogens is 442 g/mol. The first-order chi connectivity index (χ1) is 16.4. The fourth-order valence-electron chi connectivity index (χ4n) is 4.57. The van der Waals surface area contributed by atoms with Crippen LogP contribution in [0.4, 0.5) is 19.3 Å². The van der Waals surface area contributed by atoms with Crippen LogP contribution in [0.1, 0.15) is 41.6 Å². The maximum atomic E-state index is 13.8. The van der Waals surface area contributed by atoms with Gasteiger partial charge < -0.3 is 25.6 Å². The Morgan fingerprint density at radius 3 is 2.32 bits per heavy atom. The molecule has 1 saturated carbocycles. The van der Waals surface area contributed by atoms with Crippen LogP contribution in [0.5, 0.6) is 0 Å². The normalized spacial score (nSPS) is 20.6. The van der Waals surface area contributed by atoms with Crippen LogP contribution in [0.3, 0.4) is 0 Å². The van der Waals surface area contributed by atoms with E-state index in [1.165, 1.54) is 0 Å². The van der Waals surface area contributed by atoms with E-state index in [0.29, 0.717) is 32.0 Å². The summed E-state index contributed by atoms with van der Waals surface area (Å²) in [6, 6.07) is 9.44. The molecule has 3 amide bonds. The second kappa shape index (κ2) is 10.9. The summed E-state index contributed by atoms with van der Waals surface area (Å²) in [4.78, 5) is 29.1. The van der Waals surface area contributed by atoms with Crippen molar-refractivity contribution in [1.29, 1.82) is 0 Å². The van der Waals surface area contributed by atoms with E-state index in [0.717, 1.165) is 49.4 Å². The van der Waals surface area contributed by atoms with E-state index in [2.05, 4.69) is 5.32 Å². The van der Waals surface area contributed by atoms with Gasteiger partial charge >= 0.3 is 6.03 Å². The lowest BCUT2D eigenvalue weighted by molar-refractivity contribution is 0.0564. The number of carbonyl (C=O) groups excluding carboxylic acids is 2. The minimum Gasteiger partial charge on any atom is -0.378 e. The van der Waals surface area contributed by atoms with Gasteiger partial charge in [0.05, 0.1) is 13.2 Å². The van der Waals surface area contributed by atoms with Crippen molar-refractivity contribution in [3.05, 3.63) is 65.2 Å². The largest absolute Gasteiger partial charge is 0.378 e. The van der Waals surface area contributed by atoms with E-state index in [1.54, 1.807) is 21.9 Å². The summed E-state index contributed by atoms with van der Waals surface area (Å²) in [6.07, 6.45) is 3.45. The fourth-order valence-corrected chi connectivity index (χ4v) is 4.57. The highest BCUT2D eigenvalue weighted by molar-refractivity contribution is 5.94.